The predicted molar refractivity (Wildman–Crippen MR) is 42.4 cm³/mol. The molecule has 1 aliphatic rings. The van der Waals surface area contributed by atoms with Crippen LogP contribution < -0.4 is 0 Å². The zero-order chi connectivity index (χ0) is 8.43. The molecule has 11 heavy (non-hydrogen) atoms. The van der Waals surface area contributed by atoms with E-state index in [0.29, 0.717) is 12.5 Å². The van der Waals surface area contributed by atoms with Gasteiger partial charge in [-0.25, -0.2) is 0 Å². The molecule has 1 rings (SSSR count). The molecule has 0 aromatic rings. The summed E-state index contributed by atoms with van der Waals surface area (Å²) in [6.07, 6.45) is 0. The van der Waals surface area contributed by atoms with Crippen molar-refractivity contribution in [3.63, 3.8) is 0 Å². The van der Waals surface area contributed by atoms with Crippen LogP contribution in [0.4, 0.5) is 0 Å². The van der Waals surface area contributed by atoms with Crippen LogP contribution in [0.3, 0.4) is 0 Å². The van der Waals surface area contributed by atoms with Gasteiger partial charge in [-0.3, -0.25) is 4.79 Å². The van der Waals surface area contributed by atoms with Crippen LogP contribution in [-0.2, 0) is 9.53 Å². The minimum atomic E-state index is -0.0547. The fraction of sp³-hybridized carbons (Fsp3) is 0.750. The highest BCUT2D eigenvalue weighted by atomic mass is 16.5. The van der Waals surface area contributed by atoms with Crippen molar-refractivity contribution in [2.75, 3.05) is 6.61 Å². The monoisotopic (exact) mass is 155 g/mol. The molecule has 0 aliphatic carbocycles. The number of hydrogen-bond donors (Lipinski definition) is 0. The molecule has 0 N–H and O–H groups in total. The van der Waals surface area contributed by atoms with E-state index in [1.165, 1.54) is 0 Å². The quantitative estimate of drug-likeness (QED) is 0.571. The molecular formula is C8H13NO2. The second-order valence-corrected chi connectivity index (χ2v) is 2.80. The summed E-state index contributed by atoms with van der Waals surface area (Å²) in [4.78, 5) is 14.8. The molecule has 0 spiro atoms. The van der Waals surface area contributed by atoms with Crippen LogP contribution in [0, 0.1) is 11.8 Å². The fourth-order valence-corrected chi connectivity index (χ4v) is 1.05. The molecule has 62 valence electrons. The molecular weight excluding hydrogens is 142 g/mol. The number of ether oxygens (including phenoxy) is 1. The Bertz CT molecular complexity index is 198. The van der Waals surface area contributed by atoms with Crippen molar-refractivity contribution >= 4 is 11.8 Å². The van der Waals surface area contributed by atoms with E-state index < -0.39 is 0 Å². The maximum absolute atomic E-state index is 11.0. The largest absolute Gasteiger partial charge is 0.481 e. The summed E-state index contributed by atoms with van der Waals surface area (Å²) in [5.74, 6) is 0.699. The van der Waals surface area contributed by atoms with Gasteiger partial charge in [-0.2, -0.15) is 4.99 Å². The van der Waals surface area contributed by atoms with E-state index >= 15 is 0 Å². The number of carbonyl (C=O) groups is 1. The molecule has 0 saturated carbocycles. The number of carbonyl (C=O) groups excluding carboxylic acids is 1. The molecule has 1 aliphatic heterocycles. The molecule has 0 aromatic carbocycles. The number of nitrogens with zero attached hydrogens (tertiary/aromatic N) is 1. The first kappa shape index (κ1) is 8.24. The predicted octanol–water partition coefficient (Wildman–Crippen LogP) is 1.23. The van der Waals surface area contributed by atoms with Gasteiger partial charge in [0.25, 0.3) is 5.91 Å². The zero-order valence-electron chi connectivity index (χ0n) is 7.13. The number of amides is 1. The maximum Gasteiger partial charge on any atom is 0.252 e. The molecule has 1 heterocycles. The molecule has 0 aromatic heterocycles. The van der Waals surface area contributed by atoms with Gasteiger partial charge in [0.05, 0.1) is 6.61 Å². The Morgan fingerprint density at radius 2 is 2.09 bits per heavy atom. The minimum absolute atomic E-state index is 0.00319. The van der Waals surface area contributed by atoms with Gasteiger partial charge in [-0.1, -0.05) is 13.8 Å². The Morgan fingerprint density at radius 1 is 1.45 bits per heavy atom. The van der Waals surface area contributed by atoms with Crippen molar-refractivity contribution in [1.82, 2.24) is 0 Å². The van der Waals surface area contributed by atoms with Gasteiger partial charge in [0.1, 0.15) is 0 Å². The Hall–Kier alpha value is -0.860. The van der Waals surface area contributed by atoms with Crippen LogP contribution in [0.15, 0.2) is 4.99 Å². The van der Waals surface area contributed by atoms with Crippen LogP contribution >= 0.6 is 0 Å². The molecule has 3 heteroatoms. The Kier molecular flexibility index (Phi) is 2.27. The molecule has 1 amide bonds. The lowest BCUT2D eigenvalue weighted by Crippen LogP contribution is -2.16. The maximum atomic E-state index is 11.0. The Balaban J connectivity index is 2.67. The second kappa shape index (κ2) is 3.03. The van der Waals surface area contributed by atoms with Gasteiger partial charge >= 0.3 is 0 Å². The van der Waals surface area contributed by atoms with E-state index in [-0.39, 0.29) is 17.7 Å². The highest BCUT2D eigenvalue weighted by Crippen LogP contribution is 2.22. The van der Waals surface area contributed by atoms with Crippen LogP contribution in [-0.4, -0.2) is 18.4 Å². The summed E-state index contributed by atoms with van der Waals surface area (Å²) >= 11 is 0. The van der Waals surface area contributed by atoms with Crippen LogP contribution in [0.5, 0.6) is 0 Å². The van der Waals surface area contributed by atoms with Gasteiger partial charge in [-0.15, -0.1) is 0 Å². The number of rotatable bonds is 1. The lowest BCUT2D eigenvalue weighted by Gasteiger charge is -2.09. The third-order valence-corrected chi connectivity index (χ3v) is 2.04. The van der Waals surface area contributed by atoms with E-state index in [2.05, 4.69) is 4.99 Å². The highest BCUT2D eigenvalue weighted by Gasteiger charge is 2.32. The highest BCUT2D eigenvalue weighted by molar-refractivity contribution is 6.01. The summed E-state index contributed by atoms with van der Waals surface area (Å²) < 4.78 is 5.19. The number of aliphatic imine (C=N–C) groups is 1. The van der Waals surface area contributed by atoms with Crippen LogP contribution in [0.2, 0.25) is 0 Å². The molecule has 0 unspecified atom stereocenters. The summed E-state index contributed by atoms with van der Waals surface area (Å²) in [5.41, 5.74) is 0. The minimum Gasteiger partial charge on any atom is -0.481 e. The van der Waals surface area contributed by atoms with E-state index in [9.17, 15) is 4.79 Å². The van der Waals surface area contributed by atoms with Gasteiger partial charge in [0.2, 0.25) is 0 Å². The number of hydrogen-bond acceptors (Lipinski definition) is 2. The van der Waals surface area contributed by atoms with Crippen molar-refractivity contribution in [3.8, 4) is 0 Å². The Morgan fingerprint density at radius 3 is 2.45 bits per heavy atom. The molecule has 3 nitrogen and oxygen atoms in total. The summed E-state index contributed by atoms with van der Waals surface area (Å²) in [7, 11) is 0. The van der Waals surface area contributed by atoms with Crippen LogP contribution in [0.25, 0.3) is 0 Å². The SMILES string of the molecule is CCOC1=NC(=O)[C@@H](C)[C@H]1C. The lowest BCUT2D eigenvalue weighted by molar-refractivity contribution is -0.120. The van der Waals surface area contributed by atoms with Crippen molar-refractivity contribution in [3.05, 3.63) is 0 Å². The zero-order valence-corrected chi connectivity index (χ0v) is 7.13. The first-order valence-corrected chi connectivity index (χ1v) is 3.92. The topological polar surface area (TPSA) is 38.7 Å². The van der Waals surface area contributed by atoms with E-state index in [0.717, 1.165) is 0 Å². The average Bonchev–Trinajstić information content (AvgIpc) is 2.19. The third kappa shape index (κ3) is 1.42. The molecule has 0 radical (unpaired) electrons. The summed E-state index contributed by atoms with van der Waals surface area (Å²) in [5, 5.41) is 0. The van der Waals surface area contributed by atoms with Gasteiger partial charge < -0.3 is 4.74 Å². The van der Waals surface area contributed by atoms with Crippen LogP contribution in [0.1, 0.15) is 20.8 Å². The summed E-state index contributed by atoms with van der Waals surface area (Å²) in [6.45, 7) is 6.32. The lowest BCUT2D eigenvalue weighted by atomic mass is 9.99. The van der Waals surface area contributed by atoms with Crippen molar-refractivity contribution in [2.24, 2.45) is 16.8 Å². The standard InChI is InChI=1S/C8H13NO2/c1-4-11-8-6(3)5(2)7(10)9-8/h5-6H,4H2,1-3H3/t5-,6+/m0/s1. The fourth-order valence-electron chi connectivity index (χ4n) is 1.05. The second-order valence-electron chi connectivity index (χ2n) is 2.80. The molecule has 0 saturated heterocycles. The van der Waals surface area contributed by atoms with E-state index in [1.807, 2.05) is 20.8 Å². The normalized spacial score (nSPS) is 30.5. The molecule has 0 fully saturated rings. The average molecular weight is 155 g/mol. The van der Waals surface area contributed by atoms with Gasteiger partial charge in [0, 0.05) is 11.8 Å². The van der Waals surface area contributed by atoms with Crippen molar-refractivity contribution in [2.45, 2.75) is 20.8 Å². The van der Waals surface area contributed by atoms with Crippen molar-refractivity contribution in [1.29, 1.82) is 0 Å². The molecule has 0 bridgehead atoms. The molecule has 2 atom stereocenters. The first-order chi connectivity index (χ1) is 5.16. The van der Waals surface area contributed by atoms with E-state index in [4.69, 9.17) is 4.74 Å². The van der Waals surface area contributed by atoms with Gasteiger partial charge in [0.15, 0.2) is 5.90 Å². The van der Waals surface area contributed by atoms with Crippen molar-refractivity contribution < 1.29 is 9.53 Å². The summed E-state index contributed by atoms with van der Waals surface area (Å²) in [6, 6.07) is 0. The Labute approximate surface area is 66.5 Å². The smallest absolute Gasteiger partial charge is 0.252 e. The first-order valence-electron chi connectivity index (χ1n) is 3.92. The van der Waals surface area contributed by atoms with E-state index in [1.54, 1.807) is 0 Å². The van der Waals surface area contributed by atoms with Gasteiger partial charge in [-0.05, 0) is 6.92 Å². The third-order valence-electron chi connectivity index (χ3n) is 2.04.